The van der Waals surface area contributed by atoms with Crippen LogP contribution in [0, 0.1) is 20.8 Å². The highest BCUT2D eigenvalue weighted by Gasteiger charge is 2.35. The fourth-order valence-electron chi connectivity index (χ4n) is 4.17. The van der Waals surface area contributed by atoms with Crippen LogP contribution in [0.15, 0.2) is 36.4 Å². The Morgan fingerprint density at radius 2 is 1.86 bits per heavy atom. The minimum absolute atomic E-state index is 0.129. The molecule has 0 spiro atoms. The molecule has 0 atom stereocenters. The first kappa shape index (κ1) is 19.6. The van der Waals surface area contributed by atoms with E-state index >= 15 is 0 Å². The van der Waals surface area contributed by atoms with Crippen molar-refractivity contribution < 1.29 is 9.90 Å². The van der Waals surface area contributed by atoms with E-state index in [0.717, 1.165) is 28.0 Å². The highest BCUT2D eigenvalue weighted by Crippen LogP contribution is 2.33. The van der Waals surface area contributed by atoms with E-state index in [1.165, 1.54) is 11.1 Å². The SMILES string of the molecule is Cc1cccc(C2(O)CCN(C(=O)CCc3nc4cc(C)c(C)cc4[nH]3)CC2)c1. The number of H-pyrrole nitrogens is 1. The van der Waals surface area contributed by atoms with Crippen molar-refractivity contribution in [2.75, 3.05) is 13.1 Å². The summed E-state index contributed by atoms with van der Waals surface area (Å²) < 4.78 is 0. The zero-order valence-electron chi connectivity index (χ0n) is 17.5. The fraction of sp³-hybridized carbons (Fsp3) is 0.417. The van der Waals surface area contributed by atoms with Gasteiger partial charge in [0.1, 0.15) is 5.82 Å². The predicted molar refractivity (Wildman–Crippen MR) is 115 cm³/mol. The molecule has 2 N–H and O–H groups in total. The standard InChI is InChI=1S/C24H29N3O2/c1-16-5-4-6-19(13-16)24(29)9-11-27(12-10-24)23(28)8-7-22-25-20-14-17(2)18(3)15-21(20)26-22/h4-6,13-15,29H,7-12H2,1-3H3,(H,25,26). The second kappa shape index (κ2) is 7.64. The number of rotatable bonds is 4. The number of aliphatic hydroxyl groups is 1. The molecule has 1 amide bonds. The normalized spacial score (nSPS) is 16.3. The number of likely N-dealkylation sites (tertiary alicyclic amines) is 1. The van der Waals surface area contributed by atoms with Crippen LogP contribution in [-0.2, 0) is 16.8 Å². The molecule has 0 saturated carbocycles. The first-order chi connectivity index (χ1) is 13.8. The van der Waals surface area contributed by atoms with Crippen LogP contribution in [-0.4, -0.2) is 39.0 Å². The van der Waals surface area contributed by atoms with Gasteiger partial charge in [-0.05, 0) is 62.4 Å². The van der Waals surface area contributed by atoms with Gasteiger partial charge in [-0.1, -0.05) is 29.8 Å². The average Bonchev–Trinajstić information content (AvgIpc) is 3.08. The lowest BCUT2D eigenvalue weighted by Gasteiger charge is -2.38. The molecule has 1 aliphatic rings. The summed E-state index contributed by atoms with van der Waals surface area (Å²) in [5.41, 5.74) is 5.70. The van der Waals surface area contributed by atoms with Gasteiger partial charge in [0.05, 0.1) is 16.6 Å². The quantitative estimate of drug-likeness (QED) is 0.708. The molecule has 3 aromatic rings. The van der Waals surface area contributed by atoms with Crippen LogP contribution in [0.5, 0.6) is 0 Å². The molecule has 5 heteroatoms. The lowest BCUT2D eigenvalue weighted by atomic mass is 9.84. The summed E-state index contributed by atoms with van der Waals surface area (Å²) in [5, 5.41) is 11.0. The van der Waals surface area contributed by atoms with Gasteiger partial charge < -0.3 is 15.0 Å². The van der Waals surface area contributed by atoms with Gasteiger partial charge in [0, 0.05) is 25.9 Å². The number of hydrogen-bond acceptors (Lipinski definition) is 3. The zero-order valence-corrected chi connectivity index (χ0v) is 17.5. The number of imidazole rings is 1. The summed E-state index contributed by atoms with van der Waals surface area (Å²) in [6, 6.07) is 12.2. The topological polar surface area (TPSA) is 69.2 Å². The third-order valence-electron chi connectivity index (χ3n) is 6.22. The number of benzene rings is 2. The number of carbonyl (C=O) groups is 1. The average molecular weight is 392 g/mol. The molecule has 1 aromatic heterocycles. The number of aryl methyl sites for hydroxylation is 4. The number of nitrogens with zero attached hydrogens (tertiary/aromatic N) is 2. The molecule has 5 nitrogen and oxygen atoms in total. The zero-order chi connectivity index (χ0) is 20.6. The van der Waals surface area contributed by atoms with E-state index in [-0.39, 0.29) is 5.91 Å². The fourth-order valence-corrected chi connectivity index (χ4v) is 4.17. The maximum Gasteiger partial charge on any atom is 0.223 e. The molecule has 152 valence electrons. The van der Waals surface area contributed by atoms with E-state index in [0.29, 0.717) is 38.8 Å². The minimum atomic E-state index is -0.836. The molecule has 29 heavy (non-hydrogen) atoms. The van der Waals surface area contributed by atoms with Crippen LogP contribution in [0.25, 0.3) is 11.0 Å². The van der Waals surface area contributed by atoms with Crippen LogP contribution < -0.4 is 0 Å². The number of carbonyl (C=O) groups excluding carboxylic acids is 1. The van der Waals surface area contributed by atoms with E-state index in [4.69, 9.17) is 0 Å². The Balaban J connectivity index is 1.35. The molecule has 1 aliphatic heterocycles. The van der Waals surface area contributed by atoms with Crippen LogP contribution in [0.3, 0.4) is 0 Å². The third kappa shape index (κ3) is 4.06. The molecule has 0 unspecified atom stereocenters. The number of piperidine rings is 1. The summed E-state index contributed by atoms with van der Waals surface area (Å²) in [6.07, 6.45) is 2.18. The van der Waals surface area contributed by atoms with Gasteiger partial charge in [0.2, 0.25) is 5.91 Å². The Hall–Kier alpha value is -2.66. The number of fused-ring (bicyclic) bond motifs is 1. The smallest absolute Gasteiger partial charge is 0.223 e. The summed E-state index contributed by atoms with van der Waals surface area (Å²) in [5.74, 6) is 0.982. The second-order valence-corrected chi connectivity index (χ2v) is 8.42. The van der Waals surface area contributed by atoms with Gasteiger partial charge in [0.15, 0.2) is 0 Å². The number of aromatic nitrogens is 2. The minimum Gasteiger partial charge on any atom is -0.385 e. The number of hydrogen-bond donors (Lipinski definition) is 2. The number of amides is 1. The lowest BCUT2D eigenvalue weighted by Crippen LogP contribution is -2.45. The van der Waals surface area contributed by atoms with Gasteiger partial charge in [-0.15, -0.1) is 0 Å². The van der Waals surface area contributed by atoms with Gasteiger partial charge >= 0.3 is 0 Å². The van der Waals surface area contributed by atoms with Gasteiger partial charge in [-0.2, -0.15) is 0 Å². The molecule has 0 aliphatic carbocycles. The highest BCUT2D eigenvalue weighted by molar-refractivity contribution is 5.78. The molecule has 2 aromatic carbocycles. The summed E-state index contributed by atoms with van der Waals surface area (Å²) in [6.45, 7) is 7.38. The molecule has 0 bridgehead atoms. The predicted octanol–water partition coefficient (Wildman–Crippen LogP) is 3.93. The van der Waals surface area contributed by atoms with Gasteiger partial charge in [-0.25, -0.2) is 4.98 Å². The Morgan fingerprint density at radius 3 is 2.59 bits per heavy atom. The van der Waals surface area contributed by atoms with Crippen molar-refractivity contribution in [3.05, 3.63) is 64.5 Å². The second-order valence-electron chi connectivity index (χ2n) is 8.42. The van der Waals surface area contributed by atoms with E-state index in [2.05, 4.69) is 35.9 Å². The van der Waals surface area contributed by atoms with E-state index in [1.807, 2.05) is 36.1 Å². The molecular weight excluding hydrogens is 362 g/mol. The van der Waals surface area contributed by atoms with Crippen molar-refractivity contribution >= 4 is 16.9 Å². The van der Waals surface area contributed by atoms with E-state index in [9.17, 15) is 9.90 Å². The maximum atomic E-state index is 12.7. The molecule has 1 saturated heterocycles. The van der Waals surface area contributed by atoms with E-state index < -0.39 is 5.60 Å². The van der Waals surface area contributed by atoms with Crippen molar-refractivity contribution in [2.45, 2.75) is 52.1 Å². The largest absolute Gasteiger partial charge is 0.385 e. The van der Waals surface area contributed by atoms with Crippen LogP contribution in [0.4, 0.5) is 0 Å². The molecule has 4 rings (SSSR count). The Morgan fingerprint density at radius 1 is 1.14 bits per heavy atom. The van der Waals surface area contributed by atoms with Crippen molar-refractivity contribution in [1.29, 1.82) is 0 Å². The lowest BCUT2D eigenvalue weighted by molar-refractivity contribution is -0.135. The number of nitrogens with one attached hydrogen (secondary N) is 1. The van der Waals surface area contributed by atoms with Crippen LogP contribution >= 0.6 is 0 Å². The third-order valence-corrected chi connectivity index (χ3v) is 6.22. The summed E-state index contributed by atoms with van der Waals surface area (Å²) >= 11 is 0. The summed E-state index contributed by atoms with van der Waals surface area (Å²) in [4.78, 5) is 22.6. The first-order valence-electron chi connectivity index (χ1n) is 10.4. The van der Waals surface area contributed by atoms with Gasteiger partial charge in [-0.3, -0.25) is 4.79 Å². The molecule has 2 heterocycles. The first-order valence-corrected chi connectivity index (χ1v) is 10.4. The molecule has 1 fully saturated rings. The number of aromatic amines is 1. The van der Waals surface area contributed by atoms with Crippen molar-refractivity contribution in [2.24, 2.45) is 0 Å². The van der Waals surface area contributed by atoms with Crippen molar-refractivity contribution in [3.63, 3.8) is 0 Å². The van der Waals surface area contributed by atoms with E-state index in [1.54, 1.807) is 0 Å². The highest BCUT2D eigenvalue weighted by atomic mass is 16.3. The van der Waals surface area contributed by atoms with Crippen LogP contribution in [0.2, 0.25) is 0 Å². The summed E-state index contributed by atoms with van der Waals surface area (Å²) in [7, 11) is 0. The van der Waals surface area contributed by atoms with Gasteiger partial charge in [0.25, 0.3) is 0 Å². The molecular formula is C24H29N3O2. The van der Waals surface area contributed by atoms with Crippen LogP contribution in [0.1, 0.15) is 47.3 Å². The van der Waals surface area contributed by atoms with Crippen molar-refractivity contribution in [3.8, 4) is 0 Å². The Labute approximate surface area is 171 Å². The molecule has 0 radical (unpaired) electrons. The Kier molecular flexibility index (Phi) is 5.17. The van der Waals surface area contributed by atoms with Crippen molar-refractivity contribution in [1.82, 2.24) is 14.9 Å². The maximum absolute atomic E-state index is 12.7. The Bertz CT molecular complexity index is 1010. The monoisotopic (exact) mass is 391 g/mol.